The van der Waals surface area contributed by atoms with Crippen LogP contribution < -0.4 is 10.2 Å². The number of carbonyl (C=O) groups is 2. The number of hydrogen-bond donors (Lipinski definition) is 1. The van der Waals surface area contributed by atoms with E-state index in [0.29, 0.717) is 6.42 Å². The lowest BCUT2D eigenvalue weighted by molar-refractivity contribution is -0.118. The molecule has 0 bridgehead atoms. The van der Waals surface area contributed by atoms with E-state index < -0.39 is 0 Å². The molecule has 1 unspecified atom stereocenters. The van der Waals surface area contributed by atoms with Crippen molar-refractivity contribution in [1.29, 1.82) is 0 Å². The van der Waals surface area contributed by atoms with Crippen LogP contribution in [0.5, 0.6) is 0 Å². The lowest BCUT2D eigenvalue weighted by Gasteiger charge is -2.23. The summed E-state index contributed by atoms with van der Waals surface area (Å²) < 4.78 is 0. The van der Waals surface area contributed by atoms with E-state index in [9.17, 15) is 9.59 Å². The van der Waals surface area contributed by atoms with Crippen LogP contribution in [0, 0.1) is 5.92 Å². The van der Waals surface area contributed by atoms with Crippen LogP contribution in [0.15, 0.2) is 18.2 Å². The summed E-state index contributed by atoms with van der Waals surface area (Å²) in [6.07, 6.45) is 4.14. The monoisotopic (exact) mass is 314 g/mol. The number of fused-ring (bicyclic) bond motifs is 1. The number of piperidine rings is 1. The zero-order chi connectivity index (χ0) is 16.4. The number of benzene rings is 1. The van der Waals surface area contributed by atoms with Gasteiger partial charge in [0.15, 0.2) is 5.78 Å². The Balaban J connectivity index is 1.82. The third kappa shape index (κ3) is 3.18. The van der Waals surface area contributed by atoms with Crippen LogP contribution >= 0.6 is 0 Å². The summed E-state index contributed by atoms with van der Waals surface area (Å²) in [4.78, 5) is 26.9. The molecule has 0 aromatic heterocycles. The Labute approximate surface area is 138 Å². The molecule has 4 nitrogen and oxygen atoms in total. The SMILES string of the molecule is CCCC(=O)N1c2ccc(C(=O)C3CCNCC3)cc2CC1C. The lowest BCUT2D eigenvalue weighted by Crippen LogP contribution is -2.35. The van der Waals surface area contributed by atoms with E-state index in [1.165, 1.54) is 0 Å². The Hall–Kier alpha value is -1.68. The van der Waals surface area contributed by atoms with Crippen molar-refractivity contribution >= 4 is 17.4 Å². The highest BCUT2D eigenvalue weighted by atomic mass is 16.2. The molecular formula is C19H26N2O2. The molecule has 0 radical (unpaired) electrons. The van der Waals surface area contributed by atoms with E-state index in [0.717, 1.165) is 55.6 Å². The summed E-state index contributed by atoms with van der Waals surface area (Å²) in [6, 6.07) is 6.09. The Morgan fingerprint density at radius 2 is 2.00 bits per heavy atom. The minimum absolute atomic E-state index is 0.144. The molecule has 2 heterocycles. The fraction of sp³-hybridized carbons (Fsp3) is 0.579. The van der Waals surface area contributed by atoms with Crippen LogP contribution in [0.1, 0.15) is 55.5 Å². The van der Waals surface area contributed by atoms with Crippen molar-refractivity contribution in [2.75, 3.05) is 18.0 Å². The van der Waals surface area contributed by atoms with Gasteiger partial charge in [0.1, 0.15) is 0 Å². The Morgan fingerprint density at radius 1 is 1.26 bits per heavy atom. The Kier molecular flexibility index (Phi) is 4.81. The molecule has 1 atom stereocenters. The minimum atomic E-state index is 0.144. The van der Waals surface area contributed by atoms with E-state index in [4.69, 9.17) is 0 Å². The summed E-state index contributed by atoms with van der Waals surface area (Å²) in [7, 11) is 0. The Morgan fingerprint density at radius 3 is 2.70 bits per heavy atom. The van der Waals surface area contributed by atoms with E-state index in [1.807, 2.05) is 30.0 Å². The van der Waals surface area contributed by atoms with Gasteiger partial charge in [0.05, 0.1) is 0 Å². The number of Topliss-reactive ketones (excluding diaryl/α,β-unsaturated/α-hetero) is 1. The van der Waals surface area contributed by atoms with Crippen molar-refractivity contribution in [3.63, 3.8) is 0 Å². The maximum atomic E-state index is 12.7. The highest BCUT2D eigenvalue weighted by Crippen LogP contribution is 2.34. The molecule has 1 amide bonds. The van der Waals surface area contributed by atoms with Gasteiger partial charge in [0.2, 0.25) is 5.91 Å². The van der Waals surface area contributed by atoms with Crippen LogP contribution in [-0.4, -0.2) is 30.8 Å². The zero-order valence-corrected chi connectivity index (χ0v) is 14.1. The molecule has 1 saturated heterocycles. The zero-order valence-electron chi connectivity index (χ0n) is 14.1. The number of rotatable bonds is 4. The first-order chi connectivity index (χ1) is 11.1. The van der Waals surface area contributed by atoms with Gasteiger partial charge in [-0.15, -0.1) is 0 Å². The first-order valence-corrected chi connectivity index (χ1v) is 8.81. The van der Waals surface area contributed by atoms with Gasteiger partial charge in [-0.3, -0.25) is 9.59 Å². The molecule has 0 spiro atoms. The molecule has 0 saturated carbocycles. The molecule has 1 N–H and O–H groups in total. The summed E-state index contributed by atoms with van der Waals surface area (Å²) in [5.74, 6) is 0.599. The van der Waals surface area contributed by atoms with Gasteiger partial charge in [-0.05, 0) is 69.5 Å². The number of nitrogens with zero attached hydrogens (tertiary/aromatic N) is 1. The predicted octanol–water partition coefficient (Wildman–Crippen LogP) is 2.95. The summed E-state index contributed by atoms with van der Waals surface area (Å²) in [5, 5.41) is 3.30. The molecule has 1 fully saturated rings. The number of nitrogens with one attached hydrogen (secondary N) is 1. The van der Waals surface area contributed by atoms with Crippen molar-refractivity contribution in [3.05, 3.63) is 29.3 Å². The van der Waals surface area contributed by atoms with Crippen molar-refractivity contribution in [1.82, 2.24) is 5.32 Å². The van der Waals surface area contributed by atoms with Crippen molar-refractivity contribution in [2.24, 2.45) is 5.92 Å². The molecule has 2 aliphatic rings. The maximum Gasteiger partial charge on any atom is 0.227 e. The van der Waals surface area contributed by atoms with Gasteiger partial charge in [-0.1, -0.05) is 6.92 Å². The topological polar surface area (TPSA) is 49.4 Å². The minimum Gasteiger partial charge on any atom is -0.317 e. The molecule has 1 aromatic rings. The molecule has 1 aromatic carbocycles. The number of amides is 1. The largest absolute Gasteiger partial charge is 0.317 e. The van der Waals surface area contributed by atoms with Gasteiger partial charge in [0.25, 0.3) is 0 Å². The van der Waals surface area contributed by atoms with Gasteiger partial charge >= 0.3 is 0 Å². The third-order valence-electron chi connectivity index (χ3n) is 5.02. The predicted molar refractivity (Wildman–Crippen MR) is 91.9 cm³/mol. The number of ketones is 1. The normalized spacial score (nSPS) is 21.3. The van der Waals surface area contributed by atoms with Crippen molar-refractivity contribution in [2.45, 2.75) is 52.0 Å². The quantitative estimate of drug-likeness (QED) is 0.869. The van der Waals surface area contributed by atoms with Crippen LogP contribution in [0.2, 0.25) is 0 Å². The smallest absolute Gasteiger partial charge is 0.227 e. The van der Waals surface area contributed by atoms with Gasteiger partial charge in [-0.2, -0.15) is 0 Å². The molecule has 4 heteroatoms. The second-order valence-corrected chi connectivity index (χ2v) is 6.80. The average molecular weight is 314 g/mol. The first kappa shape index (κ1) is 16.2. The maximum absolute atomic E-state index is 12.7. The highest BCUT2D eigenvalue weighted by Gasteiger charge is 2.31. The molecule has 2 aliphatic heterocycles. The lowest BCUT2D eigenvalue weighted by atomic mass is 9.89. The van der Waals surface area contributed by atoms with Gasteiger partial charge in [0, 0.05) is 29.6 Å². The van der Waals surface area contributed by atoms with Gasteiger partial charge < -0.3 is 10.2 Å². The van der Waals surface area contributed by atoms with Gasteiger partial charge in [-0.25, -0.2) is 0 Å². The van der Waals surface area contributed by atoms with Crippen LogP contribution in [0.4, 0.5) is 5.69 Å². The van der Waals surface area contributed by atoms with Crippen molar-refractivity contribution in [3.8, 4) is 0 Å². The van der Waals surface area contributed by atoms with Crippen LogP contribution in [0.25, 0.3) is 0 Å². The summed E-state index contributed by atoms with van der Waals surface area (Å²) >= 11 is 0. The standard InChI is InChI=1S/C19H26N2O2/c1-3-4-18(22)21-13(2)11-16-12-15(5-6-17(16)21)19(23)14-7-9-20-10-8-14/h5-6,12-14,20H,3-4,7-11H2,1-2H3. The van der Waals surface area contributed by atoms with Crippen LogP contribution in [-0.2, 0) is 11.2 Å². The second-order valence-electron chi connectivity index (χ2n) is 6.80. The number of carbonyl (C=O) groups excluding carboxylic acids is 2. The average Bonchev–Trinajstić information content (AvgIpc) is 2.90. The first-order valence-electron chi connectivity index (χ1n) is 8.81. The summed E-state index contributed by atoms with van der Waals surface area (Å²) in [5.41, 5.74) is 2.95. The van der Waals surface area contributed by atoms with E-state index >= 15 is 0 Å². The fourth-order valence-corrected chi connectivity index (χ4v) is 3.82. The number of hydrogen-bond acceptors (Lipinski definition) is 3. The Bertz CT molecular complexity index is 605. The van der Waals surface area contributed by atoms with E-state index in [2.05, 4.69) is 12.2 Å². The second kappa shape index (κ2) is 6.83. The molecule has 0 aliphatic carbocycles. The van der Waals surface area contributed by atoms with E-state index in [1.54, 1.807) is 0 Å². The molecule has 124 valence electrons. The molecule has 23 heavy (non-hydrogen) atoms. The fourth-order valence-electron chi connectivity index (χ4n) is 3.82. The highest BCUT2D eigenvalue weighted by molar-refractivity contribution is 6.00. The van der Waals surface area contributed by atoms with Crippen LogP contribution in [0.3, 0.4) is 0 Å². The third-order valence-corrected chi connectivity index (χ3v) is 5.02. The van der Waals surface area contributed by atoms with Crippen molar-refractivity contribution < 1.29 is 9.59 Å². The summed E-state index contributed by atoms with van der Waals surface area (Å²) in [6.45, 7) is 5.97. The molecular weight excluding hydrogens is 288 g/mol. The molecule has 3 rings (SSSR count). The van der Waals surface area contributed by atoms with E-state index in [-0.39, 0.29) is 23.7 Å². The number of anilines is 1.